The highest BCUT2D eigenvalue weighted by atomic mass is 16.5. The summed E-state index contributed by atoms with van der Waals surface area (Å²) in [6.45, 7) is 3.85. The van der Waals surface area contributed by atoms with Crippen LogP contribution in [0.5, 0.6) is 5.88 Å². The van der Waals surface area contributed by atoms with E-state index in [0.717, 1.165) is 16.7 Å². The normalized spacial score (nSPS) is 15.4. The van der Waals surface area contributed by atoms with Gasteiger partial charge in [0.2, 0.25) is 11.8 Å². The first kappa shape index (κ1) is 18.3. The van der Waals surface area contributed by atoms with Gasteiger partial charge in [-0.05, 0) is 43.7 Å². The molecule has 1 aromatic heterocycles. The quantitative estimate of drug-likeness (QED) is 0.713. The van der Waals surface area contributed by atoms with Crippen molar-refractivity contribution in [1.29, 1.82) is 5.26 Å². The van der Waals surface area contributed by atoms with Crippen LogP contribution in [0.3, 0.4) is 0 Å². The van der Waals surface area contributed by atoms with E-state index in [1.165, 1.54) is 12.1 Å². The molecule has 0 amide bonds. The van der Waals surface area contributed by atoms with Gasteiger partial charge in [-0.2, -0.15) is 10.4 Å². The second-order valence-corrected chi connectivity index (χ2v) is 6.90. The average Bonchev–Trinajstić information content (AvgIpc) is 3.03. The summed E-state index contributed by atoms with van der Waals surface area (Å²) < 4.78 is 7.40. The first-order chi connectivity index (χ1) is 13.9. The fourth-order valence-corrected chi connectivity index (χ4v) is 3.53. The number of rotatable bonds is 3. The van der Waals surface area contributed by atoms with E-state index in [4.69, 9.17) is 15.6 Å². The number of carbonyl (C=O) groups is 1. The van der Waals surface area contributed by atoms with E-state index >= 15 is 0 Å². The summed E-state index contributed by atoms with van der Waals surface area (Å²) in [6, 6.07) is 16.4. The van der Waals surface area contributed by atoms with Crippen LogP contribution >= 0.6 is 0 Å². The molecule has 4 rings (SSSR count). The average molecular weight is 386 g/mol. The molecule has 0 aliphatic carbocycles. The highest BCUT2D eigenvalue weighted by Crippen LogP contribution is 2.44. The first-order valence-corrected chi connectivity index (χ1v) is 8.98. The van der Waals surface area contributed by atoms with E-state index in [9.17, 15) is 10.1 Å². The molecule has 7 nitrogen and oxygen atoms in total. The lowest BCUT2D eigenvalue weighted by Crippen LogP contribution is -2.22. The molecular formula is C22H18N4O3. The van der Waals surface area contributed by atoms with Gasteiger partial charge < -0.3 is 15.6 Å². The topological polar surface area (TPSA) is 114 Å². The van der Waals surface area contributed by atoms with Crippen molar-refractivity contribution in [3.8, 4) is 17.6 Å². The predicted octanol–water partition coefficient (Wildman–Crippen LogP) is 3.41. The number of benzene rings is 2. The summed E-state index contributed by atoms with van der Waals surface area (Å²) in [7, 11) is 0. The minimum absolute atomic E-state index is 0.0360. The number of carboxylic acid groups (broad SMARTS) is 1. The number of aromatic carboxylic acids is 1. The molecule has 3 N–H and O–H groups in total. The molecule has 2 aromatic carbocycles. The van der Waals surface area contributed by atoms with Gasteiger partial charge in [0.15, 0.2) is 0 Å². The summed E-state index contributed by atoms with van der Waals surface area (Å²) in [5.74, 6) is -0.935. The van der Waals surface area contributed by atoms with Crippen LogP contribution in [0.15, 0.2) is 60.0 Å². The summed E-state index contributed by atoms with van der Waals surface area (Å²) in [5.41, 5.74) is 10.7. The predicted molar refractivity (Wildman–Crippen MR) is 106 cm³/mol. The number of aromatic nitrogens is 2. The Morgan fingerprint density at radius 1 is 1.17 bits per heavy atom. The van der Waals surface area contributed by atoms with Crippen molar-refractivity contribution in [3.63, 3.8) is 0 Å². The van der Waals surface area contributed by atoms with E-state index in [1.54, 1.807) is 16.8 Å². The van der Waals surface area contributed by atoms with Gasteiger partial charge in [-0.15, -0.1) is 0 Å². The van der Waals surface area contributed by atoms with Crippen LogP contribution in [-0.4, -0.2) is 20.9 Å². The molecule has 0 saturated carbocycles. The minimum Gasteiger partial charge on any atom is -0.478 e. The second-order valence-electron chi connectivity index (χ2n) is 6.90. The van der Waals surface area contributed by atoms with Gasteiger partial charge in [-0.3, -0.25) is 0 Å². The van der Waals surface area contributed by atoms with E-state index in [2.05, 4.69) is 11.2 Å². The molecule has 0 radical (unpaired) electrons. The van der Waals surface area contributed by atoms with Crippen molar-refractivity contribution >= 4 is 5.97 Å². The number of nitriles is 1. The Morgan fingerprint density at radius 3 is 2.41 bits per heavy atom. The second kappa shape index (κ2) is 6.84. The zero-order chi connectivity index (χ0) is 20.7. The molecule has 29 heavy (non-hydrogen) atoms. The number of ether oxygens (including phenoxy) is 1. The van der Waals surface area contributed by atoms with Gasteiger partial charge in [0.1, 0.15) is 11.6 Å². The number of aryl methyl sites for hydroxylation is 2. The Labute approximate surface area is 167 Å². The van der Waals surface area contributed by atoms with E-state index in [0.29, 0.717) is 22.8 Å². The molecule has 3 aromatic rings. The van der Waals surface area contributed by atoms with Crippen LogP contribution in [0, 0.1) is 25.2 Å². The third-order valence-corrected chi connectivity index (χ3v) is 5.00. The number of nitrogens with zero attached hydrogens (tertiary/aromatic N) is 3. The van der Waals surface area contributed by atoms with Crippen molar-refractivity contribution in [3.05, 3.63) is 87.9 Å². The molecule has 1 aliphatic heterocycles. The minimum atomic E-state index is -1.00. The van der Waals surface area contributed by atoms with Crippen LogP contribution < -0.4 is 10.5 Å². The molecule has 7 heteroatoms. The highest BCUT2D eigenvalue weighted by Gasteiger charge is 2.36. The van der Waals surface area contributed by atoms with Crippen molar-refractivity contribution in [1.82, 2.24) is 9.78 Å². The van der Waals surface area contributed by atoms with Gasteiger partial charge in [0.25, 0.3) is 0 Å². The summed E-state index contributed by atoms with van der Waals surface area (Å²) >= 11 is 0. The lowest BCUT2D eigenvalue weighted by Gasteiger charge is -2.25. The molecule has 0 saturated heterocycles. The SMILES string of the molecule is Cc1ccc(C2C(C#N)=C(N)Oc3c2c(C)nn3-c2ccc(C(=O)O)cc2)cc1. The molecule has 1 atom stereocenters. The lowest BCUT2D eigenvalue weighted by molar-refractivity contribution is 0.0697. The lowest BCUT2D eigenvalue weighted by atomic mass is 9.84. The van der Waals surface area contributed by atoms with Crippen LogP contribution in [-0.2, 0) is 0 Å². The van der Waals surface area contributed by atoms with Crippen molar-refractivity contribution in [2.24, 2.45) is 5.73 Å². The third kappa shape index (κ3) is 3.01. The largest absolute Gasteiger partial charge is 0.478 e. The Balaban J connectivity index is 1.89. The van der Waals surface area contributed by atoms with Crippen molar-refractivity contribution < 1.29 is 14.6 Å². The molecular weight excluding hydrogens is 368 g/mol. The number of allylic oxidation sites excluding steroid dienone is 1. The van der Waals surface area contributed by atoms with Crippen molar-refractivity contribution in [2.75, 3.05) is 0 Å². The van der Waals surface area contributed by atoms with Gasteiger partial charge in [0.05, 0.1) is 28.4 Å². The zero-order valence-corrected chi connectivity index (χ0v) is 15.9. The van der Waals surface area contributed by atoms with E-state index in [-0.39, 0.29) is 11.4 Å². The standard InChI is InChI=1S/C22H18N4O3/c1-12-3-5-14(6-4-12)19-17(11-23)20(24)29-21-18(19)13(2)25-26(21)16-9-7-15(8-10-16)22(27)28/h3-10,19H,24H2,1-2H3,(H,27,28). The van der Waals surface area contributed by atoms with Gasteiger partial charge in [0, 0.05) is 0 Å². The maximum atomic E-state index is 11.1. The fourth-order valence-electron chi connectivity index (χ4n) is 3.53. The number of hydrogen-bond acceptors (Lipinski definition) is 5. The van der Waals surface area contributed by atoms with Gasteiger partial charge in [-0.25, -0.2) is 9.48 Å². The molecule has 0 fully saturated rings. The third-order valence-electron chi connectivity index (χ3n) is 5.00. The molecule has 2 heterocycles. The Kier molecular flexibility index (Phi) is 4.32. The fraction of sp³-hybridized carbons (Fsp3) is 0.136. The van der Waals surface area contributed by atoms with Gasteiger partial charge in [-0.1, -0.05) is 29.8 Å². The van der Waals surface area contributed by atoms with Gasteiger partial charge >= 0.3 is 5.97 Å². The Morgan fingerprint density at radius 2 is 1.83 bits per heavy atom. The monoisotopic (exact) mass is 386 g/mol. The van der Waals surface area contributed by atoms with Crippen LogP contribution in [0.25, 0.3) is 5.69 Å². The first-order valence-electron chi connectivity index (χ1n) is 8.98. The zero-order valence-electron chi connectivity index (χ0n) is 15.9. The Bertz CT molecular complexity index is 1180. The molecule has 1 unspecified atom stereocenters. The van der Waals surface area contributed by atoms with Crippen LogP contribution in [0.4, 0.5) is 0 Å². The molecule has 0 bridgehead atoms. The maximum absolute atomic E-state index is 11.1. The number of nitrogens with two attached hydrogens (primary N) is 1. The summed E-state index contributed by atoms with van der Waals surface area (Å²) in [6.07, 6.45) is 0. The summed E-state index contributed by atoms with van der Waals surface area (Å²) in [5, 5.41) is 23.4. The number of hydrogen-bond donors (Lipinski definition) is 2. The molecule has 0 spiro atoms. The Hall–Kier alpha value is -4.05. The van der Waals surface area contributed by atoms with Crippen LogP contribution in [0.1, 0.15) is 38.7 Å². The van der Waals surface area contributed by atoms with Crippen molar-refractivity contribution in [2.45, 2.75) is 19.8 Å². The summed E-state index contributed by atoms with van der Waals surface area (Å²) in [4.78, 5) is 11.1. The molecule has 144 valence electrons. The van der Waals surface area contributed by atoms with Crippen LogP contribution in [0.2, 0.25) is 0 Å². The molecule has 1 aliphatic rings. The number of fused-ring (bicyclic) bond motifs is 1. The maximum Gasteiger partial charge on any atom is 0.335 e. The highest BCUT2D eigenvalue weighted by molar-refractivity contribution is 5.87. The van der Waals surface area contributed by atoms with E-state index in [1.807, 2.05) is 38.1 Å². The number of carboxylic acids is 1. The van der Waals surface area contributed by atoms with E-state index < -0.39 is 11.9 Å². The smallest absolute Gasteiger partial charge is 0.335 e.